The number of hydrogen-bond acceptors (Lipinski definition) is 5. The number of benzene rings is 1. The van der Waals surface area contributed by atoms with Gasteiger partial charge in [0.1, 0.15) is 11.4 Å². The number of nitrogens with zero attached hydrogens (tertiary/aromatic N) is 2. The van der Waals surface area contributed by atoms with E-state index in [0.29, 0.717) is 13.0 Å². The van der Waals surface area contributed by atoms with E-state index < -0.39 is 34.5 Å². The molecular formula is C21H22FN3O5. The van der Waals surface area contributed by atoms with Crippen molar-refractivity contribution in [2.45, 2.75) is 45.1 Å². The summed E-state index contributed by atoms with van der Waals surface area (Å²) in [6.45, 7) is 4.14. The summed E-state index contributed by atoms with van der Waals surface area (Å²) in [4.78, 5) is 39.8. The van der Waals surface area contributed by atoms with Crippen molar-refractivity contribution in [3.8, 4) is 5.75 Å². The molecule has 2 aromatic rings. The minimum absolute atomic E-state index is 0.122. The van der Waals surface area contributed by atoms with E-state index in [4.69, 9.17) is 4.74 Å². The van der Waals surface area contributed by atoms with Crippen molar-refractivity contribution in [3.05, 3.63) is 63.3 Å². The molecule has 1 saturated heterocycles. The number of carbonyl (C=O) groups is 2. The van der Waals surface area contributed by atoms with Crippen LogP contribution in [0.25, 0.3) is 0 Å². The second kappa shape index (κ2) is 7.24. The molecule has 4 rings (SSSR count). The summed E-state index contributed by atoms with van der Waals surface area (Å²) >= 11 is 0. The zero-order valence-electron chi connectivity index (χ0n) is 16.6. The lowest BCUT2D eigenvalue weighted by atomic mass is 10.00. The summed E-state index contributed by atoms with van der Waals surface area (Å²) < 4.78 is 21.0. The molecule has 0 saturated carbocycles. The number of halogens is 1. The van der Waals surface area contributed by atoms with Crippen LogP contribution in [0.5, 0.6) is 5.75 Å². The average molecular weight is 415 g/mol. The van der Waals surface area contributed by atoms with Gasteiger partial charge in [-0.25, -0.2) is 4.39 Å². The van der Waals surface area contributed by atoms with E-state index in [-0.39, 0.29) is 36.0 Å². The van der Waals surface area contributed by atoms with Crippen LogP contribution in [-0.2, 0) is 17.8 Å². The van der Waals surface area contributed by atoms with Gasteiger partial charge in [0.25, 0.3) is 11.8 Å². The van der Waals surface area contributed by atoms with E-state index in [1.807, 2.05) is 6.92 Å². The fourth-order valence-electron chi connectivity index (χ4n) is 4.15. The molecule has 2 N–H and O–H groups in total. The summed E-state index contributed by atoms with van der Waals surface area (Å²) in [5, 5.41) is 13.0. The molecule has 8 nitrogen and oxygen atoms in total. The number of aromatic hydroxyl groups is 1. The Morgan fingerprint density at radius 2 is 2.10 bits per heavy atom. The molecule has 2 atom stereocenters. The van der Waals surface area contributed by atoms with Crippen LogP contribution in [0, 0.1) is 5.82 Å². The Balaban J connectivity index is 1.68. The first-order valence-corrected chi connectivity index (χ1v) is 9.68. The largest absolute Gasteiger partial charge is 0.503 e. The fourth-order valence-corrected chi connectivity index (χ4v) is 4.15. The number of aromatic nitrogens is 1. The molecule has 0 bridgehead atoms. The van der Waals surface area contributed by atoms with Gasteiger partial charge in [-0.2, -0.15) is 0 Å². The lowest BCUT2D eigenvalue weighted by molar-refractivity contribution is -0.185. The average Bonchev–Trinajstić information content (AvgIpc) is 2.69. The quantitative estimate of drug-likeness (QED) is 0.793. The number of hydrogen-bond donors (Lipinski definition) is 2. The molecule has 0 radical (unpaired) electrons. The lowest BCUT2D eigenvalue weighted by Gasteiger charge is -2.51. The third-order valence-corrected chi connectivity index (χ3v) is 5.68. The molecule has 158 valence electrons. The SMILES string of the molecule is C[C@@H]1CCO[C@@]2(C)Cn3cc(C(=O)NCc4ccccc4F)c(=O)c(O)c3C(=O)N12. The molecule has 9 heteroatoms. The molecule has 2 amide bonds. The van der Waals surface area contributed by atoms with Crippen LogP contribution in [0.3, 0.4) is 0 Å². The molecular weight excluding hydrogens is 393 g/mol. The first kappa shape index (κ1) is 20.1. The summed E-state index contributed by atoms with van der Waals surface area (Å²) in [6, 6.07) is 5.83. The highest BCUT2D eigenvalue weighted by Crippen LogP contribution is 2.35. The smallest absolute Gasteiger partial charge is 0.277 e. The van der Waals surface area contributed by atoms with Crippen molar-refractivity contribution in [2.24, 2.45) is 0 Å². The van der Waals surface area contributed by atoms with Gasteiger partial charge in [0, 0.05) is 24.3 Å². The van der Waals surface area contributed by atoms with E-state index in [0.717, 1.165) is 0 Å². The molecule has 3 heterocycles. The summed E-state index contributed by atoms with van der Waals surface area (Å²) in [7, 11) is 0. The van der Waals surface area contributed by atoms with Crippen molar-refractivity contribution in [1.82, 2.24) is 14.8 Å². The Hall–Kier alpha value is -3.20. The zero-order valence-corrected chi connectivity index (χ0v) is 16.6. The van der Waals surface area contributed by atoms with Crippen molar-refractivity contribution < 1.29 is 23.8 Å². The molecule has 2 aliphatic rings. The summed E-state index contributed by atoms with van der Waals surface area (Å²) in [5.41, 5.74) is -2.14. The van der Waals surface area contributed by atoms with E-state index in [9.17, 15) is 23.9 Å². The van der Waals surface area contributed by atoms with Crippen LogP contribution in [0.15, 0.2) is 35.3 Å². The van der Waals surface area contributed by atoms with Crippen molar-refractivity contribution in [3.63, 3.8) is 0 Å². The Labute approximate surface area is 171 Å². The van der Waals surface area contributed by atoms with Crippen LogP contribution >= 0.6 is 0 Å². The topological polar surface area (TPSA) is 101 Å². The molecule has 0 spiro atoms. The maximum absolute atomic E-state index is 13.8. The van der Waals surface area contributed by atoms with E-state index in [2.05, 4.69) is 5.32 Å². The second-order valence-electron chi connectivity index (χ2n) is 7.81. The number of rotatable bonds is 3. The minimum Gasteiger partial charge on any atom is -0.503 e. The van der Waals surface area contributed by atoms with Gasteiger partial charge in [-0.3, -0.25) is 14.4 Å². The maximum atomic E-state index is 13.8. The number of pyridine rings is 1. The summed E-state index contributed by atoms with van der Waals surface area (Å²) in [5.74, 6) is -2.56. The first-order chi connectivity index (χ1) is 14.2. The molecule has 1 aromatic heterocycles. The van der Waals surface area contributed by atoms with Crippen LogP contribution in [0.4, 0.5) is 4.39 Å². The number of nitrogens with one attached hydrogen (secondary N) is 1. The Kier molecular flexibility index (Phi) is 4.85. The Morgan fingerprint density at radius 1 is 1.37 bits per heavy atom. The predicted molar refractivity (Wildman–Crippen MR) is 105 cm³/mol. The van der Waals surface area contributed by atoms with Gasteiger partial charge in [-0.1, -0.05) is 18.2 Å². The van der Waals surface area contributed by atoms with E-state index in [1.165, 1.54) is 33.9 Å². The highest BCUT2D eigenvalue weighted by atomic mass is 19.1. The lowest BCUT2D eigenvalue weighted by Crippen LogP contribution is -2.64. The highest BCUT2D eigenvalue weighted by molar-refractivity contribution is 5.99. The second-order valence-corrected chi connectivity index (χ2v) is 7.81. The third kappa shape index (κ3) is 3.15. The number of fused-ring (bicyclic) bond motifs is 2. The van der Waals surface area contributed by atoms with Crippen LogP contribution in [0.1, 0.15) is 46.7 Å². The van der Waals surface area contributed by atoms with Crippen LogP contribution < -0.4 is 10.7 Å². The van der Waals surface area contributed by atoms with Gasteiger partial charge in [-0.15, -0.1) is 0 Å². The molecule has 1 aromatic carbocycles. The molecule has 30 heavy (non-hydrogen) atoms. The minimum atomic E-state index is -0.954. The maximum Gasteiger partial charge on any atom is 0.277 e. The Bertz CT molecular complexity index is 1100. The number of amides is 2. The van der Waals surface area contributed by atoms with Crippen LogP contribution in [0.2, 0.25) is 0 Å². The van der Waals surface area contributed by atoms with Gasteiger partial charge in [-0.05, 0) is 26.3 Å². The third-order valence-electron chi connectivity index (χ3n) is 5.68. The molecule has 1 fully saturated rings. The first-order valence-electron chi connectivity index (χ1n) is 9.68. The zero-order chi connectivity index (χ0) is 21.6. The predicted octanol–water partition coefficient (Wildman–Crippen LogP) is 1.60. The highest BCUT2D eigenvalue weighted by Gasteiger charge is 2.48. The number of ether oxygens (including phenoxy) is 1. The van der Waals surface area contributed by atoms with Crippen molar-refractivity contribution >= 4 is 11.8 Å². The van der Waals surface area contributed by atoms with E-state index in [1.54, 1.807) is 13.0 Å². The van der Waals surface area contributed by atoms with Gasteiger partial charge < -0.3 is 24.6 Å². The van der Waals surface area contributed by atoms with Gasteiger partial charge in [0.2, 0.25) is 5.43 Å². The van der Waals surface area contributed by atoms with E-state index >= 15 is 0 Å². The summed E-state index contributed by atoms with van der Waals surface area (Å²) in [6.07, 6.45) is 1.89. The molecule has 0 unspecified atom stereocenters. The fraction of sp³-hybridized carbons (Fsp3) is 0.381. The number of carbonyl (C=O) groups excluding carboxylic acids is 2. The standard InChI is InChI=1S/C21H22FN3O5/c1-12-7-8-30-21(2)11-24-10-14(17(26)18(27)16(24)20(29)25(12)21)19(28)23-9-13-5-3-4-6-15(13)22/h3-6,10,12,27H,7-9,11H2,1-2H3,(H,23,28)/t12-,21+/m1/s1. The van der Waals surface area contributed by atoms with Gasteiger partial charge in [0.15, 0.2) is 17.2 Å². The Morgan fingerprint density at radius 3 is 2.83 bits per heavy atom. The molecule has 2 aliphatic heterocycles. The normalized spacial score (nSPS) is 23.0. The van der Waals surface area contributed by atoms with Gasteiger partial charge >= 0.3 is 0 Å². The molecule has 0 aliphatic carbocycles. The van der Waals surface area contributed by atoms with Crippen molar-refractivity contribution in [1.29, 1.82) is 0 Å². The van der Waals surface area contributed by atoms with Gasteiger partial charge in [0.05, 0.1) is 13.2 Å². The van der Waals surface area contributed by atoms with Crippen LogP contribution in [-0.4, -0.2) is 44.8 Å². The monoisotopic (exact) mass is 415 g/mol. The van der Waals surface area contributed by atoms with Crippen molar-refractivity contribution in [2.75, 3.05) is 6.61 Å².